The first-order valence-corrected chi connectivity index (χ1v) is 21.3. The molecule has 12 aromatic rings. The smallest absolute Gasteiger partial charge is 0.162 e. The number of thiophene rings is 3. The van der Waals surface area contributed by atoms with E-state index in [0.717, 1.165) is 45.6 Å². The zero-order valence-electron chi connectivity index (χ0n) is 29.8. The molecule has 0 unspecified atom stereocenters. The van der Waals surface area contributed by atoms with Gasteiger partial charge in [-0.3, -0.25) is 4.98 Å². The molecule has 0 saturated heterocycles. The molecule has 56 heavy (non-hydrogen) atoms. The number of fused-ring (bicyclic) bond motifs is 16. The van der Waals surface area contributed by atoms with Gasteiger partial charge in [0.25, 0.3) is 0 Å². The third-order valence-corrected chi connectivity index (χ3v) is 15.1. The van der Waals surface area contributed by atoms with Gasteiger partial charge in [0.15, 0.2) is 5.82 Å². The summed E-state index contributed by atoms with van der Waals surface area (Å²) in [6.07, 6.45) is 10.6. The number of aromatic nitrogens is 4. The molecule has 7 heteroatoms. The summed E-state index contributed by atoms with van der Waals surface area (Å²) in [5.74, 6) is 0.688. The van der Waals surface area contributed by atoms with Crippen molar-refractivity contribution in [1.82, 2.24) is 19.5 Å². The van der Waals surface area contributed by atoms with E-state index < -0.39 is 0 Å². The molecule has 0 fully saturated rings. The van der Waals surface area contributed by atoms with E-state index in [1.54, 1.807) is 17.5 Å². The fraction of sp³-hybridized carbons (Fsp3) is 0.0408. The summed E-state index contributed by atoms with van der Waals surface area (Å²) in [5.41, 5.74) is 7.97. The molecule has 6 aromatic carbocycles. The largest absolute Gasteiger partial charge is 0.308 e. The lowest BCUT2D eigenvalue weighted by Gasteiger charge is -2.15. The maximum atomic E-state index is 5.52. The number of nitrogens with zero attached hydrogens (tertiary/aromatic N) is 4. The predicted molar refractivity (Wildman–Crippen MR) is 241 cm³/mol. The monoisotopic (exact) mass is 768 g/mol. The standard InChI is InChI=1S/C49H28N4S3/c1-2-15-31-30(14-1)41-32-16-3-7-19-37(32)53(45(41)43-34-18-6-9-21-39(34)55-47(31)43)28-24-35-29-13-4-8-20-38(29)54-46(35)36(25-28)44-42-33-17-5-10-22-40(33)56-49(42)52-48(51-44)27-12-11-23-50-26-27/h1-8,10-20,22-26H,9,21H2. The Labute approximate surface area is 332 Å². The lowest BCUT2D eigenvalue weighted by molar-refractivity contribution is 1.02. The van der Waals surface area contributed by atoms with Gasteiger partial charge in [-0.15, -0.1) is 34.0 Å². The maximum absolute atomic E-state index is 5.52. The van der Waals surface area contributed by atoms with Gasteiger partial charge < -0.3 is 4.57 Å². The van der Waals surface area contributed by atoms with Crippen molar-refractivity contribution >= 4 is 123 Å². The number of allylic oxidation sites excluding steroid dienone is 1. The van der Waals surface area contributed by atoms with Crippen LogP contribution in [0.5, 0.6) is 0 Å². The number of pyridine rings is 1. The Balaban J connectivity index is 1.24. The molecule has 0 aliphatic heterocycles. The Morgan fingerprint density at radius 2 is 1.36 bits per heavy atom. The predicted octanol–water partition coefficient (Wildman–Crippen LogP) is 14.4. The van der Waals surface area contributed by atoms with E-state index >= 15 is 0 Å². The SMILES string of the molecule is C1=Cc2c(sc3c4ccccc4c4c5ccccc5n(-c5cc(-c6nc(-c7cccnc7)nc7sc8ccccc8c67)c6sc7ccccc7c6c5)c4c23)CC1. The van der Waals surface area contributed by atoms with Crippen molar-refractivity contribution in [3.63, 3.8) is 0 Å². The fourth-order valence-corrected chi connectivity index (χ4v) is 12.8. The minimum Gasteiger partial charge on any atom is -0.308 e. The number of hydrogen-bond donors (Lipinski definition) is 0. The van der Waals surface area contributed by atoms with Gasteiger partial charge in [-0.25, -0.2) is 9.97 Å². The average molecular weight is 769 g/mol. The first kappa shape index (κ1) is 31.0. The molecule has 1 aliphatic rings. The zero-order valence-corrected chi connectivity index (χ0v) is 32.2. The lowest BCUT2D eigenvalue weighted by Crippen LogP contribution is -1.98. The zero-order chi connectivity index (χ0) is 36.5. The molecule has 0 amide bonds. The van der Waals surface area contributed by atoms with E-state index in [0.29, 0.717) is 5.82 Å². The number of para-hydroxylation sites is 1. The summed E-state index contributed by atoms with van der Waals surface area (Å²) in [7, 11) is 0. The Morgan fingerprint density at radius 3 is 2.21 bits per heavy atom. The summed E-state index contributed by atoms with van der Waals surface area (Å²) >= 11 is 5.57. The van der Waals surface area contributed by atoms with Crippen LogP contribution in [-0.2, 0) is 6.42 Å². The fourth-order valence-electron chi connectivity index (χ4n) is 9.17. The second-order valence-electron chi connectivity index (χ2n) is 14.6. The molecule has 6 heterocycles. The van der Waals surface area contributed by atoms with Gasteiger partial charge in [0, 0.05) is 96.0 Å². The van der Waals surface area contributed by atoms with E-state index in [2.05, 4.69) is 137 Å². The van der Waals surface area contributed by atoms with Gasteiger partial charge in [0.05, 0.1) is 16.7 Å². The number of benzene rings is 6. The topological polar surface area (TPSA) is 43.6 Å². The van der Waals surface area contributed by atoms with Gasteiger partial charge in [-0.05, 0) is 66.3 Å². The highest BCUT2D eigenvalue weighted by Crippen LogP contribution is 2.50. The van der Waals surface area contributed by atoms with Crippen LogP contribution in [0.25, 0.3) is 118 Å². The van der Waals surface area contributed by atoms with Crippen LogP contribution < -0.4 is 0 Å². The third-order valence-electron chi connectivity index (χ3n) is 11.5. The molecule has 0 saturated carbocycles. The Bertz CT molecular complexity index is 3660. The van der Waals surface area contributed by atoms with E-state index in [-0.39, 0.29) is 0 Å². The van der Waals surface area contributed by atoms with E-state index in [4.69, 9.17) is 9.97 Å². The highest BCUT2D eigenvalue weighted by Gasteiger charge is 2.26. The summed E-state index contributed by atoms with van der Waals surface area (Å²) in [6.45, 7) is 0. The molecule has 1 aliphatic carbocycles. The van der Waals surface area contributed by atoms with Crippen molar-refractivity contribution in [3.05, 3.63) is 150 Å². The van der Waals surface area contributed by atoms with Crippen LogP contribution in [0.4, 0.5) is 0 Å². The van der Waals surface area contributed by atoms with Crippen LogP contribution in [0.15, 0.2) is 140 Å². The lowest BCUT2D eigenvalue weighted by atomic mass is 9.96. The molecule has 6 aromatic heterocycles. The number of aryl methyl sites for hydroxylation is 1. The van der Waals surface area contributed by atoms with Crippen LogP contribution in [-0.4, -0.2) is 19.5 Å². The van der Waals surface area contributed by atoms with Crippen molar-refractivity contribution in [2.75, 3.05) is 0 Å². The third kappa shape index (κ3) is 4.25. The van der Waals surface area contributed by atoms with Crippen molar-refractivity contribution in [1.29, 1.82) is 0 Å². The Morgan fingerprint density at radius 1 is 0.589 bits per heavy atom. The van der Waals surface area contributed by atoms with Crippen LogP contribution in [0.1, 0.15) is 16.9 Å². The second-order valence-corrected chi connectivity index (χ2v) is 17.8. The van der Waals surface area contributed by atoms with E-state index in [1.165, 1.54) is 83.4 Å². The highest BCUT2D eigenvalue weighted by atomic mass is 32.1. The first-order valence-electron chi connectivity index (χ1n) is 18.9. The molecule has 0 N–H and O–H groups in total. The minimum atomic E-state index is 0.688. The van der Waals surface area contributed by atoms with Gasteiger partial charge in [-0.2, -0.15) is 0 Å². The molecule has 0 bridgehead atoms. The summed E-state index contributed by atoms with van der Waals surface area (Å²) in [5, 5.41) is 11.4. The van der Waals surface area contributed by atoms with Crippen molar-refractivity contribution in [2.24, 2.45) is 0 Å². The molecule has 13 rings (SSSR count). The van der Waals surface area contributed by atoms with Gasteiger partial charge in [0.1, 0.15) is 4.83 Å². The van der Waals surface area contributed by atoms with Crippen LogP contribution in [0.3, 0.4) is 0 Å². The number of rotatable bonds is 3. The second kappa shape index (κ2) is 11.6. The van der Waals surface area contributed by atoms with Crippen LogP contribution in [0.2, 0.25) is 0 Å². The Hall–Kier alpha value is -6.25. The van der Waals surface area contributed by atoms with Crippen molar-refractivity contribution < 1.29 is 0 Å². The van der Waals surface area contributed by atoms with Gasteiger partial charge in [0.2, 0.25) is 0 Å². The summed E-state index contributed by atoms with van der Waals surface area (Å²) in [6, 6.07) is 44.4. The van der Waals surface area contributed by atoms with E-state index in [9.17, 15) is 0 Å². The van der Waals surface area contributed by atoms with Crippen LogP contribution in [0, 0.1) is 0 Å². The molecule has 262 valence electrons. The molecule has 0 spiro atoms. The van der Waals surface area contributed by atoms with E-state index in [1.807, 2.05) is 34.9 Å². The van der Waals surface area contributed by atoms with Gasteiger partial charge >= 0.3 is 0 Å². The molecule has 0 radical (unpaired) electrons. The minimum absolute atomic E-state index is 0.688. The maximum Gasteiger partial charge on any atom is 0.162 e. The Kier molecular flexibility index (Phi) is 6.44. The molecule has 0 atom stereocenters. The highest BCUT2D eigenvalue weighted by molar-refractivity contribution is 7.26. The number of hydrogen-bond acceptors (Lipinski definition) is 6. The van der Waals surface area contributed by atoms with Crippen molar-refractivity contribution in [2.45, 2.75) is 12.8 Å². The summed E-state index contributed by atoms with van der Waals surface area (Å²) in [4.78, 5) is 17.6. The van der Waals surface area contributed by atoms with Crippen molar-refractivity contribution in [3.8, 4) is 28.3 Å². The molecule has 4 nitrogen and oxygen atoms in total. The van der Waals surface area contributed by atoms with Crippen LogP contribution >= 0.6 is 34.0 Å². The summed E-state index contributed by atoms with van der Waals surface area (Å²) < 4.78 is 7.64. The molecular formula is C49H28N4S3. The van der Waals surface area contributed by atoms with Gasteiger partial charge in [-0.1, -0.05) is 91.0 Å². The average Bonchev–Trinajstić information content (AvgIpc) is 4.02. The normalized spacial score (nSPS) is 13.1. The quantitative estimate of drug-likeness (QED) is 0.180. The molecular weight excluding hydrogens is 741 g/mol. The first-order chi connectivity index (χ1) is 27.8.